The highest BCUT2D eigenvalue weighted by Gasteiger charge is 2.51. The van der Waals surface area contributed by atoms with Gasteiger partial charge in [0.2, 0.25) is 0 Å². The molecule has 2 heterocycles. The summed E-state index contributed by atoms with van der Waals surface area (Å²) in [7, 11) is 5.56. The van der Waals surface area contributed by atoms with Crippen LogP contribution in [0.4, 0.5) is 4.79 Å². The van der Waals surface area contributed by atoms with Gasteiger partial charge in [0.05, 0.1) is 23.7 Å². The molecule has 13 heteroatoms. The number of aliphatic hydroxyl groups is 4. The van der Waals surface area contributed by atoms with Crippen LogP contribution in [0.5, 0.6) is 0 Å². The number of alkyl carbamates (subject to hydrolysis) is 1. The highest BCUT2D eigenvalue weighted by molar-refractivity contribution is 5.74. The van der Waals surface area contributed by atoms with Gasteiger partial charge in [-0.2, -0.15) is 0 Å². The molecule has 0 unspecified atom stereocenters. The van der Waals surface area contributed by atoms with Gasteiger partial charge in [0, 0.05) is 30.6 Å². The molecular formula is C34H65N3O10. The molecule has 0 aliphatic carbocycles. The number of amides is 1. The molecule has 0 bridgehead atoms. The van der Waals surface area contributed by atoms with Crippen molar-refractivity contribution in [2.75, 3.05) is 27.7 Å². The van der Waals surface area contributed by atoms with E-state index in [9.17, 15) is 30.0 Å². The normalized spacial score (nSPS) is 43.6. The summed E-state index contributed by atoms with van der Waals surface area (Å²) in [5, 5.41) is 49.2. The zero-order valence-corrected chi connectivity index (χ0v) is 31.0. The minimum Gasteiger partial charge on any atom is -0.459 e. The molecule has 0 spiro atoms. The Morgan fingerprint density at radius 2 is 1.72 bits per heavy atom. The zero-order valence-electron chi connectivity index (χ0n) is 31.0. The maximum absolute atomic E-state index is 13.8. The third kappa shape index (κ3) is 10.5. The Bertz CT molecular complexity index is 1010. The van der Waals surface area contributed by atoms with Gasteiger partial charge in [-0.15, -0.1) is 0 Å². The summed E-state index contributed by atoms with van der Waals surface area (Å²) >= 11 is 0. The fourth-order valence-corrected chi connectivity index (χ4v) is 7.33. The number of rotatable bonds is 6. The average molecular weight is 676 g/mol. The predicted octanol–water partition coefficient (Wildman–Crippen LogP) is 2.12. The highest BCUT2D eigenvalue weighted by atomic mass is 16.7. The number of aliphatic hydroxyl groups excluding tert-OH is 2. The Morgan fingerprint density at radius 1 is 1.13 bits per heavy atom. The topological polar surface area (TPSA) is 170 Å². The summed E-state index contributed by atoms with van der Waals surface area (Å²) in [4.78, 5) is 30.7. The van der Waals surface area contributed by atoms with E-state index in [-0.39, 0.29) is 36.9 Å². The first-order chi connectivity index (χ1) is 21.5. The highest BCUT2D eigenvalue weighted by Crippen LogP contribution is 2.37. The number of likely N-dealkylation sites (N-methyl/N-ethyl adjacent to an activating group) is 2. The molecular weight excluding hydrogens is 610 g/mol. The second kappa shape index (κ2) is 16.9. The zero-order chi connectivity index (χ0) is 36.2. The molecule has 0 aromatic heterocycles. The Morgan fingerprint density at radius 3 is 2.26 bits per heavy atom. The van der Waals surface area contributed by atoms with Gasteiger partial charge in [-0.05, 0) is 94.8 Å². The SMILES string of the molecule is CC[C@H]1OC(=O)[C@H](C)[C@@H](OC(=O)NC(C)C)[C@H](C)[C@@H](O[C@@H]2O[C@H](C)C[C@H](N(C)C)[C@H]2O)[C@](C)(O)C[C@@H](C)CN(C)[C@H](C)[C@@H](O)[C@]1(C)O. The number of ether oxygens (including phenoxy) is 4. The number of carbonyl (C=O) groups is 2. The standard InChI is InChI=1S/C34H65N3O10/c1-14-25-34(10,43)28(39)23(8)37(13)17-19(4)16-33(9,42)29(47-31-26(38)24(36(11)12)15-20(5)44-31)21(6)27(22(7)30(40)45-25)46-32(41)35-18(2)3/h18-29,31,38-39,42-43H,14-17H2,1-13H3,(H,35,41)/t19-,20-,21+,22-,23-,24+,25-,26-,27+,28-,29-,31+,33-,34-/m1/s1. The van der Waals surface area contributed by atoms with Crippen LogP contribution in [-0.2, 0) is 23.7 Å². The molecule has 0 radical (unpaired) electrons. The molecule has 1 amide bonds. The van der Waals surface area contributed by atoms with Gasteiger partial charge in [-0.3, -0.25) is 4.79 Å². The Hall–Kier alpha value is -1.58. The first-order valence-corrected chi connectivity index (χ1v) is 17.2. The molecule has 2 fully saturated rings. The van der Waals surface area contributed by atoms with Crippen LogP contribution in [0.3, 0.4) is 0 Å². The van der Waals surface area contributed by atoms with E-state index in [0.717, 1.165) is 0 Å². The maximum atomic E-state index is 13.8. The minimum absolute atomic E-state index is 0.149. The van der Waals surface area contributed by atoms with Crippen LogP contribution >= 0.6 is 0 Å². The number of nitrogens with one attached hydrogen (secondary N) is 1. The molecule has 0 saturated carbocycles. The van der Waals surface area contributed by atoms with Crippen LogP contribution in [0.1, 0.15) is 88.5 Å². The van der Waals surface area contributed by atoms with Crippen molar-refractivity contribution in [1.29, 1.82) is 0 Å². The Balaban J connectivity index is 2.70. The summed E-state index contributed by atoms with van der Waals surface area (Å²) in [5.41, 5.74) is -3.38. The van der Waals surface area contributed by atoms with Crippen LogP contribution < -0.4 is 5.32 Å². The van der Waals surface area contributed by atoms with Crippen molar-refractivity contribution in [3.8, 4) is 0 Å². The quantitative estimate of drug-likeness (QED) is 0.260. The van der Waals surface area contributed by atoms with Gasteiger partial charge < -0.3 is 54.5 Å². The molecule has 0 aromatic carbocycles. The van der Waals surface area contributed by atoms with Crippen LogP contribution in [0.25, 0.3) is 0 Å². The molecule has 5 N–H and O–H groups in total. The molecule has 47 heavy (non-hydrogen) atoms. The number of hydrogen-bond acceptors (Lipinski definition) is 12. The minimum atomic E-state index is -1.80. The summed E-state index contributed by atoms with van der Waals surface area (Å²) in [5.74, 6) is -2.81. The fourth-order valence-electron chi connectivity index (χ4n) is 7.33. The first kappa shape index (κ1) is 41.6. The number of cyclic esters (lactones) is 1. The largest absolute Gasteiger partial charge is 0.459 e. The van der Waals surface area contributed by atoms with E-state index < -0.39 is 78.0 Å². The lowest BCUT2D eigenvalue weighted by molar-refractivity contribution is -0.299. The van der Waals surface area contributed by atoms with Gasteiger partial charge >= 0.3 is 12.1 Å². The lowest BCUT2D eigenvalue weighted by Gasteiger charge is -2.47. The van der Waals surface area contributed by atoms with Gasteiger partial charge in [0.15, 0.2) is 6.29 Å². The molecule has 2 saturated heterocycles. The Labute approximate surface area is 282 Å². The van der Waals surface area contributed by atoms with Crippen LogP contribution in [0.2, 0.25) is 0 Å². The van der Waals surface area contributed by atoms with Crippen molar-refractivity contribution in [1.82, 2.24) is 15.1 Å². The molecule has 2 aliphatic heterocycles. The number of hydrogen-bond donors (Lipinski definition) is 5. The molecule has 2 aliphatic rings. The van der Waals surface area contributed by atoms with Crippen molar-refractivity contribution in [3.05, 3.63) is 0 Å². The van der Waals surface area contributed by atoms with Crippen LogP contribution in [0.15, 0.2) is 0 Å². The van der Waals surface area contributed by atoms with Crippen molar-refractivity contribution in [3.63, 3.8) is 0 Å². The van der Waals surface area contributed by atoms with Crippen molar-refractivity contribution in [2.24, 2.45) is 17.8 Å². The summed E-state index contributed by atoms with van der Waals surface area (Å²) in [6.45, 7) is 17.8. The fraction of sp³-hybridized carbons (Fsp3) is 0.941. The molecule has 0 aromatic rings. The molecule has 14 atom stereocenters. The van der Waals surface area contributed by atoms with E-state index in [1.165, 1.54) is 6.92 Å². The second-order valence-electron chi connectivity index (χ2n) is 15.3. The smallest absolute Gasteiger partial charge is 0.407 e. The maximum Gasteiger partial charge on any atom is 0.407 e. The average Bonchev–Trinajstić information content (AvgIpc) is 2.95. The third-order valence-electron chi connectivity index (χ3n) is 10.1. The lowest BCUT2D eigenvalue weighted by atomic mass is 9.77. The van der Waals surface area contributed by atoms with Crippen LogP contribution in [-0.4, -0.2) is 142 Å². The lowest BCUT2D eigenvalue weighted by Crippen LogP contribution is -2.59. The van der Waals surface area contributed by atoms with Gasteiger partial charge in [-0.25, -0.2) is 4.79 Å². The van der Waals surface area contributed by atoms with Crippen LogP contribution in [0, 0.1) is 17.8 Å². The predicted molar refractivity (Wildman–Crippen MR) is 177 cm³/mol. The molecule has 13 nitrogen and oxygen atoms in total. The monoisotopic (exact) mass is 675 g/mol. The van der Waals surface area contributed by atoms with E-state index in [4.69, 9.17) is 18.9 Å². The molecule has 276 valence electrons. The van der Waals surface area contributed by atoms with E-state index in [2.05, 4.69) is 5.32 Å². The van der Waals surface area contributed by atoms with E-state index in [1.54, 1.807) is 48.5 Å². The van der Waals surface area contributed by atoms with Gasteiger partial charge in [0.25, 0.3) is 0 Å². The van der Waals surface area contributed by atoms with E-state index >= 15 is 0 Å². The number of nitrogens with zero attached hydrogens (tertiary/aromatic N) is 2. The van der Waals surface area contributed by atoms with Gasteiger partial charge in [0.1, 0.15) is 30.0 Å². The van der Waals surface area contributed by atoms with E-state index in [1.807, 2.05) is 44.8 Å². The number of esters is 1. The van der Waals surface area contributed by atoms with Gasteiger partial charge in [-0.1, -0.05) is 20.8 Å². The molecule has 2 rings (SSSR count). The van der Waals surface area contributed by atoms with Crippen molar-refractivity contribution < 1.29 is 49.0 Å². The number of carbonyl (C=O) groups excluding carboxylic acids is 2. The van der Waals surface area contributed by atoms with Crippen molar-refractivity contribution in [2.45, 2.75) is 161 Å². The second-order valence-corrected chi connectivity index (χ2v) is 15.3. The summed E-state index contributed by atoms with van der Waals surface area (Å²) in [6, 6.07) is -1.07. The summed E-state index contributed by atoms with van der Waals surface area (Å²) < 4.78 is 24.5. The third-order valence-corrected chi connectivity index (χ3v) is 10.1. The van der Waals surface area contributed by atoms with E-state index in [0.29, 0.717) is 13.0 Å². The summed E-state index contributed by atoms with van der Waals surface area (Å²) in [6.07, 6.45) is -6.80. The first-order valence-electron chi connectivity index (χ1n) is 17.2. The van der Waals surface area contributed by atoms with Crippen molar-refractivity contribution >= 4 is 12.1 Å². The Kier molecular flexibility index (Phi) is 14.9.